The molecule has 0 aromatic carbocycles. The number of rotatable bonds is 5. The molecule has 0 aromatic heterocycles. The third-order valence-corrected chi connectivity index (χ3v) is 4.00. The highest BCUT2D eigenvalue weighted by atomic mass is 16.5. The molecule has 0 aliphatic heterocycles. The van der Waals surface area contributed by atoms with Crippen LogP contribution in [0.3, 0.4) is 0 Å². The molecule has 1 saturated carbocycles. The number of aliphatic hydroxyl groups is 1. The molecule has 0 heterocycles. The van der Waals surface area contributed by atoms with E-state index in [-0.39, 0.29) is 17.8 Å². The second kappa shape index (κ2) is 5.67. The second-order valence-corrected chi connectivity index (χ2v) is 5.00. The van der Waals surface area contributed by atoms with E-state index in [0.717, 1.165) is 38.5 Å². The molecular weight excluding hydrogens is 204 g/mol. The van der Waals surface area contributed by atoms with Gasteiger partial charge in [-0.3, -0.25) is 4.79 Å². The molecule has 3 unspecified atom stereocenters. The summed E-state index contributed by atoms with van der Waals surface area (Å²) in [5, 5.41) is 10.6. The van der Waals surface area contributed by atoms with E-state index >= 15 is 0 Å². The third-order valence-electron chi connectivity index (χ3n) is 4.00. The minimum Gasteiger partial charge on any atom is -0.469 e. The zero-order valence-electron chi connectivity index (χ0n) is 10.7. The molecule has 3 nitrogen and oxygen atoms in total. The normalized spacial score (nSPS) is 31.4. The Morgan fingerprint density at radius 1 is 1.62 bits per heavy atom. The number of carbonyl (C=O) groups excluding carboxylic acids is 1. The van der Waals surface area contributed by atoms with Crippen LogP contribution in [0.5, 0.6) is 0 Å². The highest BCUT2D eigenvalue weighted by molar-refractivity contribution is 5.73. The number of esters is 1. The van der Waals surface area contributed by atoms with E-state index in [0.29, 0.717) is 0 Å². The molecule has 3 heteroatoms. The lowest BCUT2D eigenvalue weighted by atomic mass is 9.77. The van der Waals surface area contributed by atoms with Gasteiger partial charge in [-0.2, -0.15) is 0 Å². The topological polar surface area (TPSA) is 46.5 Å². The van der Waals surface area contributed by atoms with Gasteiger partial charge in [-0.15, -0.1) is 0 Å². The van der Waals surface area contributed by atoms with Gasteiger partial charge in [0.25, 0.3) is 0 Å². The molecule has 1 N–H and O–H groups in total. The molecule has 0 amide bonds. The average molecular weight is 228 g/mol. The maximum absolute atomic E-state index is 11.8. The predicted molar refractivity (Wildman–Crippen MR) is 63.0 cm³/mol. The molecule has 1 fully saturated rings. The summed E-state index contributed by atoms with van der Waals surface area (Å²) >= 11 is 0. The molecular formula is C13H24O3. The molecule has 3 atom stereocenters. The van der Waals surface area contributed by atoms with Crippen molar-refractivity contribution in [2.24, 2.45) is 11.8 Å². The first-order valence-corrected chi connectivity index (χ1v) is 6.36. The fraction of sp³-hybridized carbons (Fsp3) is 0.923. The standard InChI is InChI=1S/C13H24O3/c1-4-5-8-11(12(14)16-3)13(15)9-6-7-10(13)2/h10-11,15H,4-9H2,1-3H3. The second-order valence-electron chi connectivity index (χ2n) is 5.00. The van der Waals surface area contributed by atoms with Crippen LogP contribution in [0.25, 0.3) is 0 Å². The van der Waals surface area contributed by atoms with Crippen molar-refractivity contribution in [1.29, 1.82) is 0 Å². The summed E-state index contributed by atoms with van der Waals surface area (Å²) in [6.07, 6.45) is 5.50. The van der Waals surface area contributed by atoms with Crippen LogP contribution in [-0.2, 0) is 9.53 Å². The molecule has 0 bridgehead atoms. The van der Waals surface area contributed by atoms with E-state index < -0.39 is 5.60 Å². The maximum atomic E-state index is 11.8. The van der Waals surface area contributed by atoms with Crippen molar-refractivity contribution in [1.82, 2.24) is 0 Å². The van der Waals surface area contributed by atoms with Gasteiger partial charge in [0.1, 0.15) is 0 Å². The first-order valence-electron chi connectivity index (χ1n) is 6.36. The predicted octanol–water partition coefficient (Wildman–Crippen LogP) is 2.52. The van der Waals surface area contributed by atoms with Crippen LogP contribution < -0.4 is 0 Å². The number of hydrogen-bond donors (Lipinski definition) is 1. The number of methoxy groups -OCH3 is 1. The zero-order chi connectivity index (χ0) is 12.2. The van der Waals surface area contributed by atoms with Gasteiger partial charge >= 0.3 is 5.97 Å². The summed E-state index contributed by atoms with van der Waals surface area (Å²) in [6, 6.07) is 0. The average Bonchev–Trinajstić information content (AvgIpc) is 2.60. The van der Waals surface area contributed by atoms with Gasteiger partial charge in [0, 0.05) is 0 Å². The smallest absolute Gasteiger partial charge is 0.311 e. The largest absolute Gasteiger partial charge is 0.469 e. The van der Waals surface area contributed by atoms with Crippen LogP contribution in [0.15, 0.2) is 0 Å². The molecule has 16 heavy (non-hydrogen) atoms. The lowest BCUT2D eigenvalue weighted by molar-refractivity contribution is -0.159. The fourth-order valence-electron chi connectivity index (χ4n) is 2.83. The van der Waals surface area contributed by atoms with Crippen LogP contribution in [0.1, 0.15) is 52.4 Å². The van der Waals surface area contributed by atoms with Gasteiger partial charge in [-0.25, -0.2) is 0 Å². The Balaban J connectivity index is 2.78. The third kappa shape index (κ3) is 2.57. The van der Waals surface area contributed by atoms with Crippen LogP contribution in [0.2, 0.25) is 0 Å². The molecule has 0 aromatic rings. The maximum Gasteiger partial charge on any atom is 0.311 e. The van der Waals surface area contributed by atoms with Crippen LogP contribution >= 0.6 is 0 Å². The Morgan fingerprint density at radius 2 is 2.31 bits per heavy atom. The Morgan fingerprint density at radius 3 is 2.75 bits per heavy atom. The van der Waals surface area contributed by atoms with Crippen molar-refractivity contribution in [3.63, 3.8) is 0 Å². The van der Waals surface area contributed by atoms with Crippen LogP contribution in [0, 0.1) is 11.8 Å². The fourth-order valence-corrected chi connectivity index (χ4v) is 2.83. The first-order chi connectivity index (χ1) is 7.56. The van der Waals surface area contributed by atoms with Gasteiger partial charge < -0.3 is 9.84 Å². The van der Waals surface area contributed by atoms with E-state index in [9.17, 15) is 9.90 Å². The van der Waals surface area contributed by atoms with E-state index in [1.54, 1.807) is 0 Å². The van der Waals surface area contributed by atoms with E-state index in [1.165, 1.54) is 7.11 Å². The monoisotopic (exact) mass is 228 g/mol. The number of carbonyl (C=O) groups is 1. The highest BCUT2D eigenvalue weighted by Gasteiger charge is 2.48. The number of hydrogen-bond acceptors (Lipinski definition) is 3. The Labute approximate surface area is 98.2 Å². The van der Waals surface area contributed by atoms with Gasteiger partial charge in [0.2, 0.25) is 0 Å². The van der Waals surface area contributed by atoms with Crippen molar-refractivity contribution in [2.45, 2.75) is 58.0 Å². The summed E-state index contributed by atoms with van der Waals surface area (Å²) in [4.78, 5) is 11.8. The van der Waals surface area contributed by atoms with Gasteiger partial charge in [0.15, 0.2) is 0 Å². The quantitative estimate of drug-likeness (QED) is 0.735. The molecule has 1 rings (SSSR count). The van der Waals surface area contributed by atoms with Crippen LogP contribution in [0.4, 0.5) is 0 Å². The zero-order valence-corrected chi connectivity index (χ0v) is 10.7. The molecule has 0 spiro atoms. The van der Waals surface area contributed by atoms with Crippen molar-refractivity contribution in [2.75, 3.05) is 7.11 Å². The minimum atomic E-state index is -0.831. The SMILES string of the molecule is CCCCC(C(=O)OC)C1(O)CCCC1C. The number of unbranched alkanes of at least 4 members (excludes halogenated alkanes) is 1. The lowest BCUT2D eigenvalue weighted by Crippen LogP contribution is -2.45. The Hall–Kier alpha value is -0.570. The minimum absolute atomic E-state index is 0.202. The van der Waals surface area contributed by atoms with Gasteiger partial charge in [0.05, 0.1) is 18.6 Å². The first kappa shape index (κ1) is 13.5. The summed E-state index contributed by atoms with van der Waals surface area (Å²) in [7, 11) is 1.41. The Bertz CT molecular complexity index is 239. The summed E-state index contributed by atoms with van der Waals surface area (Å²) in [6.45, 7) is 4.13. The van der Waals surface area contributed by atoms with E-state index in [4.69, 9.17) is 4.74 Å². The van der Waals surface area contributed by atoms with Crippen molar-refractivity contribution >= 4 is 5.97 Å². The Kier molecular flexibility index (Phi) is 4.78. The van der Waals surface area contributed by atoms with E-state index in [1.807, 2.05) is 6.92 Å². The van der Waals surface area contributed by atoms with Gasteiger partial charge in [-0.05, 0) is 25.2 Å². The lowest BCUT2D eigenvalue weighted by Gasteiger charge is -2.34. The summed E-state index contributed by atoms with van der Waals surface area (Å²) < 4.78 is 4.84. The number of ether oxygens (including phenoxy) is 1. The van der Waals surface area contributed by atoms with Gasteiger partial charge in [-0.1, -0.05) is 33.1 Å². The molecule has 1 aliphatic rings. The summed E-state index contributed by atoms with van der Waals surface area (Å²) in [5.41, 5.74) is -0.831. The molecule has 0 saturated heterocycles. The van der Waals surface area contributed by atoms with Crippen molar-refractivity contribution in [3.8, 4) is 0 Å². The highest BCUT2D eigenvalue weighted by Crippen LogP contribution is 2.43. The van der Waals surface area contributed by atoms with Crippen molar-refractivity contribution < 1.29 is 14.6 Å². The summed E-state index contributed by atoms with van der Waals surface area (Å²) in [5.74, 6) is -0.381. The van der Waals surface area contributed by atoms with Crippen molar-refractivity contribution in [3.05, 3.63) is 0 Å². The molecule has 1 aliphatic carbocycles. The van der Waals surface area contributed by atoms with Crippen LogP contribution in [-0.4, -0.2) is 23.8 Å². The molecule has 0 radical (unpaired) electrons. The molecule has 94 valence electrons. The van der Waals surface area contributed by atoms with E-state index in [2.05, 4.69) is 6.92 Å².